The molecule has 0 aliphatic heterocycles. The highest BCUT2D eigenvalue weighted by atomic mass is 16.6. The molecule has 0 aromatic heterocycles. The minimum atomic E-state index is -0.349. The number of methoxy groups -OCH3 is 1. The predicted octanol–water partition coefficient (Wildman–Crippen LogP) is 3.74. The molecule has 0 amide bonds. The molecule has 1 N–H and O–H groups in total. The number of rotatable bonds is 4. The highest BCUT2D eigenvalue weighted by molar-refractivity contribution is 5.64. The molecule has 1 saturated carbocycles. The Morgan fingerprint density at radius 2 is 1.95 bits per heavy atom. The van der Waals surface area contributed by atoms with Crippen molar-refractivity contribution in [1.29, 1.82) is 0 Å². The van der Waals surface area contributed by atoms with E-state index in [2.05, 4.69) is 5.32 Å². The Hall–Kier alpha value is -1.78. The maximum atomic E-state index is 11.1. The van der Waals surface area contributed by atoms with E-state index in [9.17, 15) is 10.1 Å². The van der Waals surface area contributed by atoms with Gasteiger partial charge in [0.15, 0.2) is 0 Å². The number of nitro groups is 1. The van der Waals surface area contributed by atoms with Crippen LogP contribution in [-0.4, -0.2) is 18.1 Å². The molecule has 1 aliphatic carbocycles. The lowest BCUT2D eigenvalue weighted by Crippen LogP contribution is -2.19. The Balaban J connectivity index is 2.18. The summed E-state index contributed by atoms with van der Waals surface area (Å²) < 4.78 is 5.14. The molecule has 0 heterocycles. The monoisotopic (exact) mass is 264 g/mol. The van der Waals surface area contributed by atoms with Gasteiger partial charge in [-0.1, -0.05) is 25.7 Å². The van der Waals surface area contributed by atoms with Gasteiger partial charge in [-0.2, -0.15) is 0 Å². The Kier molecular flexibility index (Phi) is 4.60. The van der Waals surface area contributed by atoms with Gasteiger partial charge in [-0.05, 0) is 18.9 Å². The van der Waals surface area contributed by atoms with E-state index in [1.807, 2.05) is 0 Å². The van der Waals surface area contributed by atoms with E-state index in [1.54, 1.807) is 19.2 Å². The average Bonchev–Trinajstić information content (AvgIpc) is 2.67. The Bertz CT molecular complexity index is 440. The zero-order valence-corrected chi connectivity index (χ0v) is 11.2. The second-order valence-corrected chi connectivity index (χ2v) is 4.97. The van der Waals surface area contributed by atoms with Gasteiger partial charge < -0.3 is 10.1 Å². The number of ether oxygens (including phenoxy) is 1. The third-order valence-corrected chi connectivity index (χ3v) is 3.62. The average molecular weight is 264 g/mol. The summed E-state index contributed by atoms with van der Waals surface area (Å²) in [5.74, 6) is 0.640. The molecule has 1 aliphatic rings. The first kappa shape index (κ1) is 13.6. The van der Waals surface area contributed by atoms with Gasteiger partial charge in [-0.3, -0.25) is 10.1 Å². The maximum absolute atomic E-state index is 11.1. The SMILES string of the molecule is COc1ccc([N+](=O)[O-])c(NC2CCCCCC2)c1. The first-order valence-corrected chi connectivity index (χ1v) is 6.79. The summed E-state index contributed by atoms with van der Waals surface area (Å²) in [6, 6.07) is 5.16. The minimum absolute atomic E-state index is 0.116. The Morgan fingerprint density at radius 3 is 2.53 bits per heavy atom. The Morgan fingerprint density at radius 1 is 1.26 bits per heavy atom. The molecule has 2 rings (SSSR count). The highest BCUT2D eigenvalue weighted by Crippen LogP contribution is 2.31. The molecule has 1 aromatic rings. The summed E-state index contributed by atoms with van der Waals surface area (Å²) in [6.45, 7) is 0. The van der Waals surface area contributed by atoms with Crippen molar-refractivity contribution in [2.45, 2.75) is 44.6 Å². The number of hydrogen-bond acceptors (Lipinski definition) is 4. The van der Waals surface area contributed by atoms with Crippen molar-refractivity contribution in [3.63, 3.8) is 0 Å². The van der Waals surface area contributed by atoms with E-state index in [-0.39, 0.29) is 10.6 Å². The van der Waals surface area contributed by atoms with Crippen molar-refractivity contribution in [3.8, 4) is 5.75 Å². The van der Waals surface area contributed by atoms with Crippen molar-refractivity contribution in [2.75, 3.05) is 12.4 Å². The fraction of sp³-hybridized carbons (Fsp3) is 0.571. The summed E-state index contributed by atoms with van der Waals surface area (Å²) >= 11 is 0. The third kappa shape index (κ3) is 3.59. The van der Waals surface area contributed by atoms with E-state index in [0.29, 0.717) is 17.5 Å². The van der Waals surface area contributed by atoms with Crippen molar-refractivity contribution < 1.29 is 9.66 Å². The van der Waals surface area contributed by atoms with Gasteiger partial charge in [0.25, 0.3) is 5.69 Å². The molecule has 5 nitrogen and oxygen atoms in total. The molecule has 0 spiro atoms. The summed E-state index contributed by atoms with van der Waals surface area (Å²) in [7, 11) is 1.57. The number of nitrogens with one attached hydrogen (secondary N) is 1. The topological polar surface area (TPSA) is 64.4 Å². The van der Waals surface area contributed by atoms with Gasteiger partial charge in [0.2, 0.25) is 0 Å². The van der Waals surface area contributed by atoms with Crippen LogP contribution < -0.4 is 10.1 Å². The lowest BCUT2D eigenvalue weighted by Gasteiger charge is -2.18. The minimum Gasteiger partial charge on any atom is -0.497 e. The predicted molar refractivity (Wildman–Crippen MR) is 74.8 cm³/mol. The van der Waals surface area contributed by atoms with Crippen molar-refractivity contribution in [1.82, 2.24) is 0 Å². The number of anilines is 1. The van der Waals surface area contributed by atoms with Crippen LogP contribution in [0.25, 0.3) is 0 Å². The molecule has 0 radical (unpaired) electrons. The van der Waals surface area contributed by atoms with Crippen molar-refractivity contribution >= 4 is 11.4 Å². The molecule has 104 valence electrons. The first-order valence-electron chi connectivity index (χ1n) is 6.79. The smallest absolute Gasteiger partial charge is 0.292 e. The third-order valence-electron chi connectivity index (χ3n) is 3.62. The summed E-state index contributed by atoms with van der Waals surface area (Å²) in [6.07, 6.45) is 7.06. The van der Waals surface area contributed by atoms with Crippen LogP contribution in [0, 0.1) is 10.1 Å². The molecule has 5 heteroatoms. The molecule has 0 atom stereocenters. The van der Waals surface area contributed by atoms with Gasteiger partial charge in [-0.15, -0.1) is 0 Å². The van der Waals surface area contributed by atoms with Gasteiger partial charge >= 0.3 is 0 Å². The molecule has 1 aromatic carbocycles. The van der Waals surface area contributed by atoms with Crippen LogP contribution in [0.4, 0.5) is 11.4 Å². The van der Waals surface area contributed by atoms with Crippen LogP contribution in [0.1, 0.15) is 38.5 Å². The fourth-order valence-corrected chi connectivity index (χ4v) is 2.56. The fourth-order valence-electron chi connectivity index (χ4n) is 2.56. The van der Waals surface area contributed by atoms with Crippen LogP contribution in [0.5, 0.6) is 5.75 Å². The highest BCUT2D eigenvalue weighted by Gasteiger charge is 2.19. The summed E-state index contributed by atoms with van der Waals surface area (Å²) in [5, 5.41) is 14.4. The van der Waals surface area contributed by atoms with E-state index in [4.69, 9.17) is 4.74 Å². The molecule has 0 unspecified atom stereocenters. The normalized spacial score (nSPS) is 16.7. The van der Waals surface area contributed by atoms with Crippen LogP contribution >= 0.6 is 0 Å². The second kappa shape index (κ2) is 6.41. The molecule has 1 fully saturated rings. The van der Waals surface area contributed by atoms with E-state index in [0.717, 1.165) is 12.8 Å². The van der Waals surface area contributed by atoms with Crippen LogP contribution in [0.2, 0.25) is 0 Å². The quantitative estimate of drug-likeness (QED) is 0.511. The standard InChI is InChI=1S/C14H20N2O3/c1-19-12-8-9-14(16(17)18)13(10-12)15-11-6-4-2-3-5-7-11/h8-11,15H,2-7H2,1H3. The van der Waals surface area contributed by atoms with Gasteiger partial charge in [0.05, 0.1) is 12.0 Å². The van der Waals surface area contributed by atoms with Gasteiger partial charge in [0.1, 0.15) is 11.4 Å². The summed E-state index contributed by atoms with van der Waals surface area (Å²) in [5.41, 5.74) is 0.682. The van der Waals surface area contributed by atoms with Crippen molar-refractivity contribution in [3.05, 3.63) is 28.3 Å². The largest absolute Gasteiger partial charge is 0.497 e. The van der Waals surface area contributed by atoms with E-state index in [1.165, 1.54) is 31.7 Å². The number of nitro benzene ring substituents is 1. The van der Waals surface area contributed by atoms with Crippen LogP contribution in [0.15, 0.2) is 18.2 Å². The zero-order valence-electron chi connectivity index (χ0n) is 11.2. The molecular weight excluding hydrogens is 244 g/mol. The van der Waals surface area contributed by atoms with E-state index >= 15 is 0 Å². The van der Waals surface area contributed by atoms with Crippen LogP contribution in [0.3, 0.4) is 0 Å². The molecule has 0 bridgehead atoms. The first-order chi connectivity index (χ1) is 9.20. The van der Waals surface area contributed by atoms with Gasteiger partial charge in [0, 0.05) is 18.2 Å². The lowest BCUT2D eigenvalue weighted by atomic mass is 10.1. The number of nitrogens with zero attached hydrogens (tertiary/aromatic N) is 1. The maximum Gasteiger partial charge on any atom is 0.292 e. The van der Waals surface area contributed by atoms with Gasteiger partial charge in [-0.25, -0.2) is 0 Å². The van der Waals surface area contributed by atoms with Crippen molar-refractivity contribution in [2.24, 2.45) is 0 Å². The number of benzene rings is 1. The molecule has 19 heavy (non-hydrogen) atoms. The molecule has 0 saturated heterocycles. The lowest BCUT2D eigenvalue weighted by molar-refractivity contribution is -0.384. The van der Waals surface area contributed by atoms with Crippen LogP contribution in [-0.2, 0) is 0 Å². The second-order valence-electron chi connectivity index (χ2n) is 4.97. The van der Waals surface area contributed by atoms with E-state index < -0.39 is 0 Å². The zero-order chi connectivity index (χ0) is 13.7. The Labute approximate surface area is 113 Å². The number of hydrogen-bond donors (Lipinski definition) is 1. The molecular formula is C14H20N2O3. The summed E-state index contributed by atoms with van der Waals surface area (Å²) in [4.78, 5) is 10.7.